The van der Waals surface area contributed by atoms with Gasteiger partial charge in [-0.15, -0.1) is 0 Å². The zero-order valence-corrected chi connectivity index (χ0v) is 19.6. The standard InChI is InChI=1S/C25H25FN2O5S/c1-17-7-8-18(2)23(15-17)34(31,32)28-22-6-4-3-5-21(22)25(30)33-16-24(29)27-14-13-19-9-11-20(26)12-10-19/h3-12,15,28H,13-14,16H2,1-2H3,(H,27,29). The lowest BCUT2D eigenvalue weighted by atomic mass is 10.1. The highest BCUT2D eigenvalue weighted by molar-refractivity contribution is 7.92. The van der Waals surface area contributed by atoms with Gasteiger partial charge in [0.1, 0.15) is 5.82 Å². The fourth-order valence-corrected chi connectivity index (χ4v) is 4.61. The van der Waals surface area contributed by atoms with E-state index in [0.29, 0.717) is 12.0 Å². The fraction of sp³-hybridized carbons (Fsp3) is 0.200. The van der Waals surface area contributed by atoms with Crippen LogP contribution in [0.4, 0.5) is 10.1 Å². The molecular formula is C25H25FN2O5S. The minimum Gasteiger partial charge on any atom is -0.452 e. The summed E-state index contributed by atoms with van der Waals surface area (Å²) in [6.45, 7) is 3.23. The number of para-hydroxylation sites is 1. The van der Waals surface area contributed by atoms with Crippen molar-refractivity contribution < 1.29 is 27.1 Å². The summed E-state index contributed by atoms with van der Waals surface area (Å²) in [6.07, 6.45) is 0.489. The van der Waals surface area contributed by atoms with Crippen LogP contribution >= 0.6 is 0 Å². The van der Waals surface area contributed by atoms with Crippen LogP contribution in [0, 0.1) is 19.7 Å². The lowest BCUT2D eigenvalue weighted by Crippen LogP contribution is -2.30. The molecular weight excluding hydrogens is 459 g/mol. The third-order valence-corrected chi connectivity index (χ3v) is 6.52. The van der Waals surface area contributed by atoms with Crippen LogP contribution in [0.5, 0.6) is 0 Å². The van der Waals surface area contributed by atoms with Gasteiger partial charge in [-0.3, -0.25) is 9.52 Å². The molecule has 0 saturated carbocycles. The van der Waals surface area contributed by atoms with Crippen molar-refractivity contribution >= 4 is 27.6 Å². The first kappa shape index (κ1) is 24.9. The molecule has 7 nitrogen and oxygen atoms in total. The number of esters is 1. The van der Waals surface area contributed by atoms with Crippen LogP contribution in [0.2, 0.25) is 0 Å². The molecule has 0 spiro atoms. The van der Waals surface area contributed by atoms with E-state index in [9.17, 15) is 22.4 Å². The molecule has 0 radical (unpaired) electrons. The monoisotopic (exact) mass is 484 g/mol. The molecule has 0 aliphatic rings. The summed E-state index contributed by atoms with van der Waals surface area (Å²) in [4.78, 5) is 24.7. The first-order valence-electron chi connectivity index (χ1n) is 10.5. The van der Waals surface area contributed by atoms with Crippen LogP contribution in [-0.2, 0) is 26.0 Å². The molecule has 0 heterocycles. The number of benzene rings is 3. The number of ether oxygens (including phenoxy) is 1. The van der Waals surface area contributed by atoms with Crippen LogP contribution in [-0.4, -0.2) is 33.4 Å². The molecule has 2 N–H and O–H groups in total. The van der Waals surface area contributed by atoms with E-state index >= 15 is 0 Å². The Morgan fingerprint density at radius 1 is 0.971 bits per heavy atom. The second-order valence-electron chi connectivity index (χ2n) is 7.72. The maximum absolute atomic E-state index is 12.9. The molecule has 0 aliphatic heterocycles. The highest BCUT2D eigenvalue weighted by Gasteiger charge is 2.21. The number of aryl methyl sites for hydroxylation is 2. The van der Waals surface area contributed by atoms with Gasteiger partial charge in [-0.25, -0.2) is 17.6 Å². The number of carbonyl (C=O) groups is 2. The molecule has 0 atom stereocenters. The van der Waals surface area contributed by atoms with Gasteiger partial charge >= 0.3 is 5.97 Å². The van der Waals surface area contributed by atoms with Crippen molar-refractivity contribution in [2.45, 2.75) is 25.2 Å². The maximum Gasteiger partial charge on any atom is 0.340 e. The first-order chi connectivity index (χ1) is 16.2. The average molecular weight is 485 g/mol. The Labute approximate surface area is 198 Å². The SMILES string of the molecule is Cc1ccc(C)c(S(=O)(=O)Nc2ccccc2C(=O)OCC(=O)NCCc2ccc(F)cc2)c1. The number of rotatable bonds is 9. The normalized spacial score (nSPS) is 11.0. The molecule has 178 valence electrons. The molecule has 3 rings (SSSR count). The molecule has 0 bridgehead atoms. The van der Waals surface area contributed by atoms with Crippen molar-refractivity contribution in [3.05, 3.63) is 94.8 Å². The summed E-state index contributed by atoms with van der Waals surface area (Å²) in [5.41, 5.74) is 2.23. The van der Waals surface area contributed by atoms with Gasteiger partial charge in [-0.1, -0.05) is 36.4 Å². The second-order valence-corrected chi connectivity index (χ2v) is 9.37. The van der Waals surface area contributed by atoms with Gasteiger partial charge in [0.05, 0.1) is 16.1 Å². The summed E-state index contributed by atoms with van der Waals surface area (Å²) < 4.78 is 46.3. The van der Waals surface area contributed by atoms with Crippen molar-refractivity contribution in [2.75, 3.05) is 17.9 Å². The van der Waals surface area contributed by atoms with E-state index in [1.165, 1.54) is 24.3 Å². The van der Waals surface area contributed by atoms with E-state index in [4.69, 9.17) is 4.74 Å². The summed E-state index contributed by atoms with van der Waals surface area (Å²) in [7, 11) is -3.96. The molecule has 0 saturated heterocycles. The van der Waals surface area contributed by atoms with Crippen molar-refractivity contribution in [1.82, 2.24) is 5.32 Å². The first-order valence-corrected chi connectivity index (χ1v) is 12.0. The van der Waals surface area contributed by atoms with E-state index in [0.717, 1.165) is 11.1 Å². The molecule has 0 aliphatic carbocycles. The van der Waals surface area contributed by atoms with Gasteiger partial charge in [0.25, 0.3) is 15.9 Å². The van der Waals surface area contributed by atoms with Gasteiger partial charge in [-0.2, -0.15) is 0 Å². The van der Waals surface area contributed by atoms with E-state index in [1.54, 1.807) is 50.2 Å². The zero-order valence-electron chi connectivity index (χ0n) is 18.8. The van der Waals surface area contributed by atoms with E-state index in [1.807, 2.05) is 6.07 Å². The van der Waals surface area contributed by atoms with E-state index in [2.05, 4.69) is 10.0 Å². The fourth-order valence-electron chi connectivity index (χ4n) is 3.20. The van der Waals surface area contributed by atoms with Crippen molar-refractivity contribution in [3.63, 3.8) is 0 Å². The lowest BCUT2D eigenvalue weighted by molar-refractivity contribution is -0.124. The number of halogens is 1. The van der Waals surface area contributed by atoms with Gasteiger partial charge in [0.2, 0.25) is 0 Å². The Balaban J connectivity index is 1.60. The Morgan fingerprint density at radius 3 is 2.41 bits per heavy atom. The molecule has 0 aromatic heterocycles. The Morgan fingerprint density at radius 2 is 1.68 bits per heavy atom. The van der Waals surface area contributed by atoms with Crippen LogP contribution in [0.25, 0.3) is 0 Å². The molecule has 34 heavy (non-hydrogen) atoms. The molecule has 9 heteroatoms. The highest BCUT2D eigenvalue weighted by atomic mass is 32.2. The average Bonchev–Trinajstić information content (AvgIpc) is 2.80. The summed E-state index contributed by atoms with van der Waals surface area (Å²) in [5, 5.41) is 2.62. The summed E-state index contributed by atoms with van der Waals surface area (Å²) >= 11 is 0. The summed E-state index contributed by atoms with van der Waals surface area (Å²) in [5.74, 6) is -1.69. The topological polar surface area (TPSA) is 102 Å². The number of hydrogen-bond acceptors (Lipinski definition) is 5. The quantitative estimate of drug-likeness (QED) is 0.451. The van der Waals surface area contributed by atoms with Gasteiger partial charge in [0, 0.05) is 6.54 Å². The van der Waals surface area contributed by atoms with Crippen LogP contribution in [0.3, 0.4) is 0 Å². The maximum atomic E-state index is 12.9. The Hall–Kier alpha value is -3.72. The Bertz CT molecular complexity index is 1290. The second kappa shape index (κ2) is 10.9. The smallest absolute Gasteiger partial charge is 0.340 e. The molecule has 3 aromatic carbocycles. The van der Waals surface area contributed by atoms with Crippen LogP contribution < -0.4 is 10.0 Å². The third-order valence-electron chi connectivity index (χ3n) is 5.01. The van der Waals surface area contributed by atoms with Crippen molar-refractivity contribution in [3.8, 4) is 0 Å². The van der Waals surface area contributed by atoms with Crippen LogP contribution in [0.15, 0.2) is 71.6 Å². The molecule has 3 aromatic rings. The number of hydrogen-bond donors (Lipinski definition) is 2. The number of sulfonamides is 1. The van der Waals surface area contributed by atoms with E-state index in [-0.39, 0.29) is 28.5 Å². The highest BCUT2D eigenvalue weighted by Crippen LogP contribution is 2.23. The predicted octanol–water partition coefficient (Wildman–Crippen LogP) is 3.76. The third kappa shape index (κ3) is 6.64. The Kier molecular flexibility index (Phi) is 8.01. The molecule has 0 fully saturated rings. The number of amides is 1. The number of nitrogens with one attached hydrogen (secondary N) is 2. The summed E-state index contributed by atoms with van der Waals surface area (Å²) in [6, 6.07) is 17.0. The largest absolute Gasteiger partial charge is 0.452 e. The van der Waals surface area contributed by atoms with Gasteiger partial charge in [-0.05, 0) is 67.3 Å². The van der Waals surface area contributed by atoms with Gasteiger partial charge < -0.3 is 10.1 Å². The van der Waals surface area contributed by atoms with Crippen molar-refractivity contribution in [2.24, 2.45) is 0 Å². The van der Waals surface area contributed by atoms with Crippen LogP contribution in [0.1, 0.15) is 27.0 Å². The lowest BCUT2D eigenvalue weighted by Gasteiger charge is -2.14. The predicted molar refractivity (Wildman–Crippen MR) is 127 cm³/mol. The number of anilines is 1. The minimum absolute atomic E-state index is 0.0181. The zero-order chi connectivity index (χ0) is 24.7. The number of carbonyl (C=O) groups excluding carboxylic acids is 2. The van der Waals surface area contributed by atoms with Gasteiger partial charge in [0.15, 0.2) is 6.61 Å². The van der Waals surface area contributed by atoms with E-state index < -0.39 is 28.5 Å². The minimum atomic E-state index is -3.96. The van der Waals surface area contributed by atoms with Crippen molar-refractivity contribution in [1.29, 1.82) is 0 Å². The molecule has 0 unspecified atom stereocenters. The molecule has 1 amide bonds.